The molecular weight excluding hydrogens is 254 g/mol. The summed E-state index contributed by atoms with van der Waals surface area (Å²) >= 11 is 0. The Bertz CT molecular complexity index is 592. The lowest BCUT2D eigenvalue weighted by Crippen LogP contribution is -2.12. The first-order chi connectivity index (χ1) is 9.15. The van der Waals surface area contributed by atoms with Crippen LogP contribution in [0.1, 0.15) is 12.5 Å². The van der Waals surface area contributed by atoms with Crippen molar-refractivity contribution in [1.29, 1.82) is 0 Å². The first kappa shape index (κ1) is 13.2. The van der Waals surface area contributed by atoms with Gasteiger partial charge < -0.3 is 10.2 Å². The fraction of sp³-hybridized carbons (Fsp3) is 0.167. The second-order valence-electron chi connectivity index (χ2n) is 3.68. The molecule has 0 atom stereocenters. The van der Waals surface area contributed by atoms with E-state index in [0.717, 1.165) is 18.2 Å². The zero-order valence-electron chi connectivity index (χ0n) is 10.2. The summed E-state index contributed by atoms with van der Waals surface area (Å²) in [6.07, 6.45) is 1.74. The van der Waals surface area contributed by atoms with Crippen LogP contribution in [-0.2, 0) is 6.42 Å². The molecule has 0 saturated heterocycles. The molecule has 0 aliphatic rings. The molecule has 1 aromatic heterocycles. The lowest BCUT2D eigenvalue weighted by molar-refractivity contribution is 0.417. The standard InChI is InChI=1S/C12H12F2N4O/c1-2-8-11(18-15)16-6-17-12(8)19-10-5-7(13)3-4-9(10)14/h3-6H,2,15H2,1H3,(H,16,17,18). The molecule has 2 rings (SSSR count). The SMILES string of the molecule is CCc1c(NN)ncnc1Oc1cc(F)ccc1F. The highest BCUT2D eigenvalue weighted by atomic mass is 19.1. The minimum absolute atomic E-state index is 0.134. The lowest BCUT2D eigenvalue weighted by Gasteiger charge is -2.12. The van der Waals surface area contributed by atoms with Gasteiger partial charge in [-0.05, 0) is 18.6 Å². The molecule has 0 radical (unpaired) electrons. The van der Waals surface area contributed by atoms with Crippen LogP contribution in [0.4, 0.5) is 14.6 Å². The van der Waals surface area contributed by atoms with Crippen molar-refractivity contribution in [2.24, 2.45) is 5.84 Å². The Labute approximate surface area is 108 Å². The number of halogens is 2. The van der Waals surface area contributed by atoms with E-state index in [0.29, 0.717) is 17.8 Å². The van der Waals surface area contributed by atoms with Crippen LogP contribution in [0.3, 0.4) is 0 Å². The van der Waals surface area contributed by atoms with Gasteiger partial charge in [-0.2, -0.15) is 0 Å². The van der Waals surface area contributed by atoms with Crippen molar-refractivity contribution in [2.75, 3.05) is 5.43 Å². The topological polar surface area (TPSA) is 73.1 Å². The molecule has 19 heavy (non-hydrogen) atoms. The summed E-state index contributed by atoms with van der Waals surface area (Å²) in [6.45, 7) is 1.84. The number of nitrogen functional groups attached to an aromatic ring is 1. The molecule has 1 heterocycles. The van der Waals surface area contributed by atoms with Gasteiger partial charge in [0.25, 0.3) is 0 Å². The van der Waals surface area contributed by atoms with Gasteiger partial charge in [0.05, 0.1) is 5.56 Å². The van der Waals surface area contributed by atoms with Crippen LogP contribution < -0.4 is 16.0 Å². The third kappa shape index (κ3) is 2.76. The van der Waals surface area contributed by atoms with Gasteiger partial charge in [0, 0.05) is 6.07 Å². The number of benzene rings is 1. The van der Waals surface area contributed by atoms with Gasteiger partial charge in [-0.25, -0.2) is 24.6 Å². The fourth-order valence-electron chi connectivity index (χ4n) is 1.59. The predicted octanol–water partition coefficient (Wildman–Crippen LogP) is 2.40. The Morgan fingerprint density at radius 2 is 2.11 bits per heavy atom. The number of hydrazine groups is 1. The summed E-state index contributed by atoms with van der Waals surface area (Å²) in [6, 6.07) is 2.95. The number of hydrogen-bond donors (Lipinski definition) is 2. The van der Waals surface area contributed by atoms with Crippen LogP contribution in [0.15, 0.2) is 24.5 Å². The minimum atomic E-state index is -0.677. The molecule has 0 aliphatic carbocycles. The van der Waals surface area contributed by atoms with Gasteiger partial charge >= 0.3 is 0 Å². The van der Waals surface area contributed by atoms with Gasteiger partial charge in [0.15, 0.2) is 11.6 Å². The Balaban J connectivity index is 2.40. The number of nitrogens with two attached hydrogens (primary N) is 1. The molecule has 1 aromatic carbocycles. The van der Waals surface area contributed by atoms with Gasteiger partial charge in [-0.1, -0.05) is 6.92 Å². The average molecular weight is 266 g/mol. The minimum Gasteiger partial charge on any atom is -0.435 e. The molecule has 7 heteroatoms. The van der Waals surface area contributed by atoms with E-state index in [-0.39, 0.29) is 11.6 Å². The Morgan fingerprint density at radius 1 is 1.32 bits per heavy atom. The quantitative estimate of drug-likeness (QED) is 0.656. The summed E-state index contributed by atoms with van der Waals surface area (Å²) in [7, 11) is 0. The van der Waals surface area contributed by atoms with Crippen LogP contribution in [-0.4, -0.2) is 9.97 Å². The van der Waals surface area contributed by atoms with E-state index in [1.165, 1.54) is 6.33 Å². The van der Waals surface area contributed by atoms with Crippen molar-refractivity contribution in [2.45, 2.75) is 13.3 Å². The summed E-state index contributed by atoms with van der Waals surface area (Å²) in [5.74, 6) is 4.31. The molecule has 0 spiro atoms. The van der Waals surface area contributed by atoms with Crippen molar-refractivity contribution in [1.82, 2.24) is 9.97 Å². The molecule has 0 amide bonds. The maximum atomic E-state index is 13.5. The summed E-state index contributed by atoms with van der Waals surface area (Å²) in [5, 5.41) is 0. The lowest BCUT2D eigenvalue weighted by atomic mass is 10.2. The molecular formula is C12H12F2N4O. The molecule has 0 bridgehead atoms. The number of hydrogen-bond acceptors (Lipinski definition) is 5. The number of anilines is 1. The van der Waals surface area contributed by atoms with Gasteiger partial charge in [0.1, 0.15) is 18.0 Å². The van der Waals surface area contributed by atoms with Crippen LogP contribution in [0.2, 0.25) is 0 Å². The molecule has 0 aliphatic heterocycles. The van der Waals surface area contributed by atoms with Gasteiger partial charge in [-0.3, -0.25) is 0 Å². The monoisotopic (exact) mass is 266 g/mol. The maximum absolute atomic E-state index is 13.5. The number of nitrogens with one attached hydrogen (secondary N) is 1. The van der Waals surface area contributed by atoms with E-state index in [1.54, 1.807) is 0 Å². The molecule has 2 aromatic rings. The highest BCUT2D eigenvalue weighted by molar-refractivity contribution is 5.48. The van der Waals surface area contributed by atoms with Crippen molar-refractivity contribution < 1.29 is 13.5 Å². The van der Waals surface area contributed by atoms with Gasteiger partial charge in [0.2, 0.25) is 5.88 Å². The number of nitrogens with zero attached hydrogens (tertiary/aromatic N) is 2. The molecule has 3 N–H and O–H groups in total. The summed E-state index contributed by atoms with van der Waals surface area (Å²) in [4.78, 5) is 7.82. The predicted molar refractivity (Wildman–Crippen MR) is 65.7 cm³/mol. The van der Waals surface area contributed by atoms with E-state index in [4.69, 9.17) is 10.6 Å². The fourth-order valence-corrected chi connectivity index (χ4v) is 1.59. The third-order valence-electron chi connectivity index (χ3n) is 2.50. The number of ether oxygens (including phenoxy) is 1. The van der Waals surface area contributed by atoms with Crippen molar-refractivity contribution in [3.8, 4) is 11.6 Å². The molecule has 100 valence electrons. The molecule has 0 fully saturated rings. The van der Waals surface area contributed by atoms with E-state index >= 15 is 0 Å². The van der Waals surface area contributed by atoms with E-state index in [9.17, 15) is 8.78 Å². The van der Waals surface area contributed by atoms with Crippen molar-refractivity contribution >= 4 is 5.82 Å². The average Bonchev–Trinajstić information content (AvgIpc) is 2.42. The number of aromatic nitrogens is 2. The first-order valence-corrected chi connectivity index (χ1v) is 5.59. The second-order valence-corrected chi connectivity index (χ2v) is 3.68. The Hall–Kier alpha value is -2.28. The molecule has 0 unspecified atom stereocenters. The highest BCUT2D eigenvalue weighted by Crippen LogP contribution is 2.29. The second kappa shape index (κ2) is 5.57. The summed E-state index contributed by atoms with van der Waals surface area (Å²) < 4.78 is 31.9. The van der Waals surface area contributed by atoms with Crippen LogP contribution in [0.25, 0.3) is 0 Å². The van der Waals surface area contributed by atoms with E-state index < -0.39 is 11.6 Å². The van der Waals surface area contributed by atoms with Gasteiger partial charge in [-0.15, -0.1) is 0 Å². The largest absolute Gasteiger partial charge is 0.435 e. The Morgan fingerprint density at radius 3 is 2.79 bits per heavy atom. The molecule has 0 saturated carbocycles. The van der Waals surface area contributed by atoms with E-state index in [1.807, 2.05) is 6.92 Å². The molecule has 5 nitrogen and oxygen atoms in total. The van der Waals surface area contributed by atoms with Crippen LogP contribution in [0, 0.1) is 11.6 Å². The summed E-state index contributed by atoms with van der Waals surface area (Å²) in [5.41, 5.74) is 2.98. The third-order valence-corrected chi connectivity index (χ3v) is 2.50. The number of rotatable bonds is 4. The normalized spacial score (nSPS) is 10.3. The zero-order valence-corrected chi connectivity index (χ0v) is 10.2. The smallest absolute Gasteiger partial charge is 0.227 e. The first-order valence-electron chi connectivity index (χ1n) is 5.59. The highest BCUT2D eigenvalue weighted by Gasteiger charge is 2.13. The van der Waals surface area contributed by atoms with Crippen molar-refractivity contribution in [3.05, 3.63) is 41.7 Å². The zero-order chi connectivity index (χ0) is 13.8. The van der Waals surface area contributed by atoms with Crippen molar-refractivity contribution in [3.63, 3.8) is 0 Å². The van der Waals surface area contributed by atoms with Crippen LogP contribution in [0.5, 0.6) is 11.6 Å². The van der Waals surface area contributed by atoms with E-state index in [2.05, 4.69) is 15.4 Å². The van der Waals surface area contributed by atoms with Crippen LogP contribution >= 0.6 is 0 Å². The Kier molecular flexibility index (Phi) is 3.86. The maximum Gasteiger partial charge on any atom is 0.227 e.